The van der Waals surface area contributed by atoms with Crippen LogP contribution in [-0.4, -0.2) is 35.6 Å². The number of nitrogens with two attached hydrogens (primary N) is 1. The van der Waals surface area contributed by atoms with E-state index in [-0.39, 0.29) is 0 Å². The number of piperidine rings is 1. The van der Waals surface area contributed by atoms with Gasteiger partial charge >= 0.3 is 0 Å². The molecule has 19 heavy (non-hydrogen) atoms. The van der Waals surface area contributed by atoms with Gasteiger partial charge < -0.3 is 16.0 Å². The summed E-state index contributed by atoms with van der Waals surface area (Å²) in [7, 11) is 0. The first-order chi connectivity index (χ1) is 9.19. The molecule has 1 aliphatic heterocycles. The predicted molar refractivity (Wildman–Crippen MR) is 85.7 cm³/mol. The third-order valence-electron chi connectivity index (χ3n) is 3.67. The lowest BCUT2D eigenvalue weighted by Gasteiger charge is -2.32. The van der Waals surface area contributed by atoms with Crippen molar-refractivity contribution in [1.29, 1.82) is 0 Å². The first-order valence-electron chi connectivity index (χ1n) is 7.08. The fourth-order valence-electron chi connectivity index (χ4n) is 2.58. The van der Waals surface area contributed by atoms with Crippen molar-refractivity contribution in [3.05, 3.63) is 29.8 Å². The highest BCUT2D eigenvalue weighted by atomic mass is 32.1. The van der Waals surface area contributed by atoms with Crippen LogP contribution in [-0.2, 0) is 0 Å². The second-order valence-corrected chi connectivity index (χ2v) is 5.64. The van der Waals surface area contributed by atoms with Crippen molar-refractivity contribution in [3.8, 4) is 0 Å². The zero-order chi connectivity index (χ0) is 13.7. The van der Waals surface area contributed by atoms with Crippen molar-refractivity contribution in [2.45, 2.75) is 32.2 Å². The summed E-state index contributed by atoms with van der Waals surface area (Å²) in [6.45, 7) is 5.89. The van der Waals surface area contributed by atoms with Gasteiger partial charge in [-0.25, -0.2) is 0 Å². The van der Waals surface area contributed by atoms with E-state index in [0.29, 0.717) is 11.0 Å². The quantitative estimate of drug-likeness (QED) is 0.812. The highest BCUT2D eigenvalue weighted by molar-refractivity contribution is 7.80. The molecule has 3 N–H and O–H groups in total. The summed E-state index contributed by atoms with van der Waals surface area (Å²) in [5.41, 5.74) is 7.69. The number of likely N-dealkylation sites (tertiary alicyclic amines) is 1. The number of hydrogen-bond acceptors (Lipinski definition) is 3. The molecular weight excluding hydrogens is 254 g/mol. The Kier molecular flexibility index (Phi) is 5.16. The molecule has 1 heterocycles. The minimum Gasteiger partial charge on any atom is -0.389 e. The largest absolute Gasteiger partial charge is 0.389 e. The molecule has 104 valence electrons. The fraction of sp³-hybridized carbons (Fsp3) is 0.533. The van der Waals surface area contributed by atoms with Gasteiger partial charge in [0.1, 0.15) is 4.99 Å². The highest BCUT2D eigenvalue weighted by Gasteiger charge is 2.18. The van der Waals surface area contributed by atoms with Gasteiger partial charge in [-0.15, -0.1) is 0 Å². The first kappa shape index (κ1) is 14.3. The van der Waals surface area contributed by atoms with Crippen molar-refractivity contribution < 1.29 is 0 Å². The molecule has 1 saturated heterocycles. The van der Waals surface area contributed by atoms with Gasteiger partial charge in [0.2, 0.25) is 0 Å². The van der Waals surface area contributed by atoms with Crippen LogP contribution < -0.4 is 11.1 Å². The Morgan fingerprint density at radius 3 is 2.47 bits per heavy atom. The van der Waals surface area contributed by atoms with Crippen LogP contribution in [0.5, 0.6) is 0 Å². The number of thiocarbonyl (C=S) groups is 1. The zero-order valence-corrected chi connectivity index (χ0v) is 12.4. The monoisotopic (exact) mass is 277 g/mol. The Labute approximate surface area is 121 Å². The van der Waals surface area contributed by atoms with Gasteiger partial charge in [0, 0.05) is 30.4 Å². The Hall–Kier alpha value is -1.13. The molecule has 1 fully saturated rings. The van der Waals surface area contributed by atoms with Crippen LogP contribution in [0.15, 0.2) is 24.3 Å². The van der Waals surface area contributed by atoms with E-state index < -0.39 is 0 Å². The van der Waals surface area contributed by atoms with Crippen LogP contribution in [0.2, 0.25) is 0 Å². The van der Waals surface area contributed by atoms with Gasteiger partial charge in [-0.3, -0.25) is 0 Å². The molecule has 0 aromatic heterocycles. The second kappa shape index (κ2) is 6.87. The Morgan fingerprint density at radius 1 is 1.32 bits per heavy atom. The highest BCUT2D eigenvalue weighted by Crippen LogP contribution is 2.17. The number of benzene rings is 1. The predicted octanol–water partition coefficient (Wildman–Crippen LogP) is 2.61. The molecule has 0 unspecified atom stereocenters. The minimum absolute atomic E-state index is 0.458. The van der Waals surface area contributed by atoms with Gasteiger partial charge in [-0.2, -0.15) is 0 Å². The summed E-state index contributed by atoms with van der Waals surface area (Å²) < 4.78 is 0. The average Bonchev–Trinajstić information content (AvgIpc) is 2.42. The van der Waals surface area contributed by atoms with Crippen LogP contribution in [0, 0.1) is 0 Å². The fourth-order valence-corrected chi connectivity index (χ4v) is 2.72. The third kappa shape index (κ3) is 4.18. The van der Waals surface area contributed by atoms with Crippen molar-refractivity contribution in [1.82, 2.24) is 4.90 Å². The molecule has 2 rings (SSSR count). The minimum atomic E-state index is 0.458. The molecule has 1 aromatic carbocycles. The zero-order valence-electron chi connectivity index (χ0n) is 11.6. The Morgan fingerprint density at radius 2 is 1.95 bits per heavy atom. The van der Waals surface area contributed by atoms with Crippen LogP contribution in [0.1, 0.15) is 31.7 Å². The lowest BCUT2D eigenvalue weighted by atomic mass is 10.0. The van der Waals surface area contributed by atoms with Gasteiger partial charge in [-0.1, -0.05) is 19.1 Å². The summed E-state index contributed by atoms with van der Waals surface area (Å²) in [4.78, 5) is 3.01. The van der Waals surface area contributed by atoms with E-state index in [9.17, 15) is 0 Å². The van der Waals surface area contributed by atoms with Crippen molar-refractivity contribution in [2.24, 2.45) is 5.73 Å². The third-order valence-corrected chi connectivity index (χ3v) is 3.90. The topological polar surface area (TPSA) is 41.3 Å². The van der Waals surface area contributed by atoms with E-state index in [1.165, 1.54) is 38.9 Å². The molecule has 1 aromatic rings. The molecular formula is C15H23N3S. The lowest BCUT2D eigenvalue weighted by molar-refractivity contribution is 0.219. The van der Waals surface area contributed by atoms with Crippen LogP contribution in [0.25, 0.3) is 0 Å². The molecule has 0 spiro atoms. The SMILES string of the molecule is CCCN1CCC(Nc2ccc(C(N)=S)cc2)CC1. The van der Waals surface area contributed by atoms with Crippen LogP contribution in [0.3, 0.4) is 0 Å². The normalized spacial score (nSPS) is 17.3. The lowest BCUT2D eigenvalue weighted by Crippen LogP contribution is -2.39. The van der Waals surface area contributed by atoms with E-state index in [0.717, 1.165) is 11.3 Å². The van der Waals surface area contributed by atoms with Crippen molar-refractivity contribution in [3.63, 3.8) is 0 Å². The summed E-state index contributed by atoms with van der Waals surface area (Å²) >= 11 is 4.96. The Bertz CT molecular complexity index is 408. The van der Waals surface area contributed by atoms with Crippen LogP contribution >= 0.6 is 12.2 Å². The maximum atomic E-state index is 5.60. The average molecular weight is 277 g/mol. The van der Waals surface area contributed by atoms with Crippen LogP contribution in [0.4, 0.5) is 5.69 Å². The van der Waals surface area contributed by atoms with Gasteiger partial charge in [0.05, 0.1) is 0 Å². The summed E-state index contributed by atoms with van der Waals surface area (Å²) in [6.07, 6.45) is 3.69. The van der Waals surface area contributed by atoms with E-state index >= 15 is 0 Å². The van der Waals surface area contributed by atoms with Gasteiger partial charge in [0.25, 0.3) is 0 Å². The maximum Gasteiger partial charge on any atom is 0.103 e. The number of rotatable bonds is 5. The first-order valence-corrected chi connectivity index (χ1v) is 7.48. The Balaban J connectivity index is 1.83. The van der Waals surface area contributed by atoms with E-state index in [1.807, 2.05) is 12.1 Å². The molecule has 0 bridgehead atoms. The molecule has 3 nitrogen and oxygen atoms in total. The van der Waals surface area contributed by atoms with E-state index in [2.05, 4.69) is 29.3 Å². The summed E-state index contributed by atoms with van der Waals surface area (Å²) in [5, 5.41) is 3.60. The molecule has 1 aliphatic rings. The summed E-state index contributed by atoms with van der Waals surface area (Å²) in [6, 6.07) is 8.68. The molecule has 0 aliphatic carbocycles. The molecule has 0 atom stereocenters. The number of anilines is 1. The van der Waals surface area contributed by atoms with E-state index in [4.69, 9.17) is 18.0 Å². The number of nitrogens with one attached hydrogen (secondary N) is 1. The van der Waals surface area contributed by atoms with Crippen molar-refractivity contribution >= 4 is 22.9 Å². The second-order valence-electron chi connectivity index (χ2n) is 5.20. The molecule has 0 amide bonds. The van der Waals surface area contributed by atoms with Crippen molar-refractivity contribution in [2.75, 3.05) is 25.0 Å². The standard InChI is InChI=1S/C15H23N3S/c1-2-9-18-10-7-14(8-11-18)17-13-5-3-12(4-6-13)15(16)19/h3-6,14,17H,2,7-11H2,1H3,(H2,16,19). The molecule has 0 saturated carbocycles. The molecule has 4 heteroatoms. The molecule has 0 radical (unpaired) electrons. The summed E-state index contributed by atoms with van der Waals surface area (Å²) in [5.74, 6) is 0. The smallest absolute Gasteiger partial charge is 0.103 e. The number of nitrogens with zero attached hydrogens (tertiary/aromatic N) is 1. The number of hydrogen-bond donors (Lipinski definition) is 2. The van der Waals surface area contributed by atoms with Gasteiger partial charge in [0.15, 0.2) is 0 Å². The van der Waals surface area contributed by atoms with Gasteiger partial charge in [-0.05, 0) is 50.1 Å². The maximum absolute atomic E-state index is 5.60. The van der Waals surface area contributed by atoms with E-state index in [1.54, 1.807) is 0 Å².